The van der Waals surface area contributed by atoms with Gasteiger partial charge < -0.3 is 9.58 Å². The molecular formula is C53H52ClN17O. The van der Waals surface area contributed by atoms with Gasteiger partial charge in [-0.25, -0.2) is 39.3 Å². The Kier molecular flexibility index (Phi) is 17.4. The minimum Gasteiger partial charge on any atom is -0.357 e. The molecule has 2 atom stereocenters. The van der Waals surface area contributed by atoms with Crippen molar-refractivity contribution in [1.29, 1.82) is 5.26 Å². The molecule has 9 aromatic rings. The van der Waals surface area contributed by atoms with Crippen molar-refractivity contribution < 1.29 is 4.74 Å². The maximum absolute atomic E-state index is 8.19. The Balaban J connectivity index is 0.000000147. The van der Waals surface area contributed by atoms with E-state index in [2.05, 4.69) is 55.1 Å². The molecule has 9 aromatic heterocycles. The molecule has 2 aliphatic carbocycles. The first-order chi connectivity index (χ1) is 34.9. The number of aromatic amines is 1. The molecule has 1 N–H and O–H groups in total. The average molecular weight is 979 g/mol. The van der Waals surface area contributed by atoms with E-state index in [1.807, 2.05) is 104 Å². The summed E-state index contributed by atoms with van der Waals surface area (Å²) in [5.41, 5.74) is 9.54. The van der Waals surface area contributed by atoms with Crippen molar-refractivity contribution in [2.24, 2.45) is 11.8 Å². The Hall–Kier alpha value is -8.86. The van der Waals surface area contributed by atoms with Crippen molar-refractivity contribution in [1.82, 2.24) is 58.6 Å². The van der Waals surface area contributed by atoms with Crippen LogP contribution >= 0.6 is 12.4 Å². The summed E-state index contributed by atoms with van der Waals surface area (Å²) in [7, 11) is 0. The van der Waals surface area contributed by atoms with Crippen molar-refractivity contribution in [3.05, 3.63) is 169 Å². The van der Waals surface area contributed by atoms with Gasteiger partial charge in [-0.2, -0.15) is 35.9 Å². The Bertz CT molecular complexity index is 3450. The predicted molar refractivity (Wildman–Crippen MR) is 277 cm³/mol. The van der Waals surface area contributed by atoms with Crippen molar-refractivity contribution in [3.63, 3.8) is 0 Å². The van der Waals surface area contributed by atoms with E-state index in [-0.39, 0.29) is 24.7 Å². The van der Waals surface area contributed by atoms with Crippen LogP contribution in [-0.2, 0) is 4.74 Å². The molecule has 0 amide bonds. The zero-order valence-corrected chi connectivity index (χ0v) is 40.7. The van der Waals surface area contributed by atoms with E-state index < -0.39 is 0 Å². The topological polar surface area (TPSA) is 167 Å². The fourth-order valence-corrected chi connectivity index (χ4v) is 9.33. The van der Waals surface area contributed by atoms with Crippen molar-refractivity contribution in [2.45, 2.75) is 77.5 Å². The second-order valence-corrected chi connectivity index (χ2v) is 17.0. The fourth-order valence-electron chi connectivity index (χ4n) is 9.33. The zero-order chi connectivity index (χ0) is 49.5. The number of nitrogens with zero attached hydrogens (tertiary/aromatic N) is 16. The number of hydrogen-bond acceptors (Lipinski definition) is 8. The van der Waals surface area contributed by atoms with Gasteiger partial charge >= 0.3 is 0 Å². The van der Waals surface area contributed by atoms with E-state index in [1.165, 1.54) is 51.4 Å². The Morgan fingerprint density at radius 3 is 1.64 bits per heavy atom. The van der Waals surface area contributed by atoms with Crippen LogP contribution in [0.5, 0.6) is 0 Å². The quantitative estimate of drug-likeness (QED) is 0.104. The summed E-state index contributed by atoms with van der Waals surface area (Å²) in [6, 6.07) is 13.7. The maximum atomic E-state index is 8.19. The van der Waals surface area contributed by atoms with E-state index in [0.717, 1.165) is 49.9 Å². The Morgan fingerprint density at radius 2 is 1.18 bits per heavy atom. The molecule has 0 saturated heterocycles. The number of allylic oxidation sites excluding steroid dienone is 2. The summed E-state index contributed by atoms with van der Waals surface area (Å²) in [6.45, 7) is 34.2. The molecule has 0 bridgehead atoms. The maximum Gasteiger partial charge on any atom is 0.237 e. The normalized spacial score (nSPS) is 14.1. The number of aromatic nitrogens is 12. The van der Waals surface area contributed by atoms with E-state index in [4.69, 9.17) is 36.3 Å². The lowest BCUT2D eigenvalue weighted by molar-refractivity contribution is 0.0160. The highest BCUT2D eigenvalue weighted by molar-refractivity contribution is 5.91. The van der Waals surface area contributed by atoms with Gasteiger partial charge in [0.15, 0.2) is 0 Å². The average Bonchev–Trinajstić information content (AvgIpc) is 4.25. The first-order valence-corrected chi connectivity index (χ1v) is 23.5. The predicted octanol–water partition coefficient (Wildman–Crippen LogP) is 12.7. The van der Waals surface area contributed by atoms with Gasteiger partial charge in [0.1, 0.15) is 12.3 Å². The number of rotatable bonds is 10. The zero-order valence-electron chi connectivity index (χ0n) is 39.9. The SMILES string of the molecule is Cl.N#C/C=C\C1CCCC1.[C-]#[N+]CC(C1CCCC1)n1cc(-c2c([N+]#[C-])cnn3cccc23)cn1.[C-]#[N+]c1cnn2cccc2c1-c1cn[nH]c1.[C-]#[N+]c1cnn2cccc2c1-c1cnn(C(C)OCC)c1. The molecule has 0 spiro atoms. The fraction of sp³-hybridized carbons (Fsp3) is 0.302. The second kappa shape index (κ2) is 24.6. The molecule has 362 valence electrons. The lowest BCUT2D eigenvalue weighted by Crippen LogP contribution is -2.20. The van der Waals surface area contributed by atoms with Gasteiger partial charge in [-0.1, -0.05) is 31.8 Å². The molecule has 2 aliphatic rings. The molecule has 19 heteroatoms. The Labute approximate surface area is 423 Å². The minimum atomic E-state index is -0.134. The highest BCUT2D eigenvalue weighted by Crippen LogP contribution is 2.39. The molecule has 0 aromatic carbocycles. The number of ether oxygens (including phenoxy) is 1. The molecule has 9 heterocycles. The summed E-state index contributed by atoms with van der Waals surface area (Å²) >= 11 is 0. The highest BCUT2D eigenvalue weighted by atomic mass is 35.5. The first-order valence-electron chi connectivity index (χ1n) is 23.5. The Morgan fingerprint density at radius 1 is 0.694 bits per heavy atom. The summed E-state index contributed by atoms with van der Waals surface area (Å²) < 4.78 is 14.5. The van der Waals surface area contributed by atoms with Gasteiger partial charge in [0.2, 0.25) is 23.6 Å². The van der Waals surface area contributed by atoms with Gasteiger partial charge in [-0.15, -0.1) is 12.4 Å². The lowest BCUT2D eigenvalue weighted by Gasteiger charge is -2.18. The number of H-pyrrole nitrogens is 1. The van der Waals surface area contributed by atoms with E-state index in [9.17, 15) is 0 Å². The molecule has 2 fully saturated rings. The van der Waals surface area contributed by atoms with Gasteiger partial charge in [0.05, 0.1) is 79.5 Å². The number of hydrogen-bond donors (Lipinski definition) is 1. The number of nitrogens with one attached hydrogen (secondary N) is 1. The lowest BCUT2D eigenvalue weighted by atomic mass is 9.98. The third-order valence-corrected chi connectivity index (χ3v) is 12.7. The van der Waals surface area contributed by atoms with Crippen molar-refractivity contribution in [3.8, 4) is 39.4 Å². The molecular weight excluding hydrogens is 926 g/mol. The van der Waals surface area contributed by atoms with Gasteiger partial charge in [0, 0.05) is 83.2 Å². The largest absolute Gasteiger partial charge is 0.357 e. The van der Waals surface area contributed by atoms with Crippen LogP contribution in [0.3, 0.4) is 0 Å². The monoisotopic (exact) mass is 977 g/mol. The molecule has 0 aliphatic heterocycles. The van der Waals surface area contributed by atoms with Gasteiger partial charge in [-0.3, -0.25) is 9.78 Å². The van der Waals surface area contributed by atoms with Crippen molar-refractivity contribution >= 4 is 46.0 Å². The van der Waals surface area contributed by atoms with Crippen LogP contribution in [0, 0.1) is 49.5 Å². The highest BCUT2D eigenvalue weighted by Gasteiger charge is 2.30. The van der Waals surface area contributed by atoms with Crippen LogP contribution in [0.25, 0.3) is 69.3 Å². The van der Waals surface area contributed by atoms with Crippen LogP contribution in [0.1, 0.15) is 77.5 Å². The van der Waals surface area contributed by atoms with Gasteiger partial charge in [0.25, 0.3) is 0 Å². The van der Waals surface area contributed by atoms with Crippen LogP contribution in [0.4, 0.5) is 17.1 Å². The third kappa shape index (κ3) is 11.4. The van der Waals surface area contributed by atoms with Crippen LogP contribution in [-0.4, -0.2) is 71.8 Å². The summed E-state index contributed by atoms with van der Waals surface area (Å²) in [6.07, 6.45) is 34.9. The standard InChI is InChI=1S/C19H18N6.C15H15N5O.C11H7N5.C8H11N.ClH/c1-20-12-18(14-6-3-4-7-14)25-13-15(10-22-25)19-16(21-2)11-23-24-9-5-8-17(19)24;1-4-21-11(2)20-10-12(8-17-20)15-13(16-3)9-18-19-7-5-6-14(15)19;1-12-9-7-15-16-4-2-3-10(16)11(9)8-5-13-14-6-8;9-7-3-6-8-4-1-2-5-8;/h5,8-11,13-14,18H,3-4,6-7,12H2;5-11H,4H2,1-2H3;2-7H,(H,13,14);3,6,8H,1-2,4-5H2;1H/b;;;6-3-;. The molecule has 0 radical (unpaired) electrons. The summed E-state index contributed by atoms with van der Waals surface area (Å²) in [4.78, 5) is 14.3. The number of nitriles is 1. The first kappa shape index (κ1) is 51.0. The minimum absolute atomic E-state index is 0. The van der Waals surface area contributed by atoms with E-state index in [1.54, 1.807) is 61.5 Å². The molecule has 11 rings (SSSR count). The van der Waals surface area contributed by atoms with Crippen LogP contribution < -0.4 is 0 Å². The number of halogens is 1. The van der Waals surface area contributed by atoms with Crippen molar-refractivity contribution in [2.75, 3.05) is 13.2 Å². The molecule has 2 unspecified atom stereocenters. The van der Waals surface area contributed by atoms with Crippen LogP contribution in [0.2, 0.25) is 0 Å². The molecule has 72 heavy (non-hydrogen) atoms. The van der Waals surface area contributed by atoms with Gasteiger partial charge in [-0.05, 0) is 87.8 Å². The third-order valence-electron chi connectivity index (χ3n) is 12.7. The van der Waals surface area contributed by atoms with Crippen LogP contribution in [0.15, 0.2) is 123 Å². The smallest absolute Gasteiger partial charge is 0.237 e. The summed E-state index contributed by atoms with van der Waals surface area (Å²) in [5.74, 6) is 1.23. The van der Waals surface area contributed by atoms with E-state index >= 15 is 0 Å². The molecule has 18 nitrogen and oxygen atoms in total. The number of fused-ring (bicyclic) bond motifs is 3. The summed E-state index contributed by atoms with van der Waals surface area (Å²) in [5, 5.41) is 36.4. The molecule has 2 saturated carbocycles. The second-order valence-electron chi connectivity index (χ2n) is 17.0. The van der Waals surface area contributed by atoms with E-state index in [0.29, 0.717) is 42.0 Å².